The molecule has 2 aliphatic heterocycles. The van der Waals surface area contributed by atoms with Crippen LogP contribution in [0.25, 0.3) is 0 Å². The first-order chi connectivity index (χ1) is 12.0. The van der Waals surface area contributed by atoms with Crippen molar-refractivity contribution in [2.45, 2.75) is 13.3 Å². The van der Waals surface area contributed by atoms with Gasteiger partial charge in [0.05, 0.1) is 31.1 Å². The first-order valence-electron chi connectivity index (χ1n) is 7.67. The molecule has 1 atom stereocenters. The van der Waals surface area contributed by atoms with Crippen molar-refractivity contribution in [3.8, 4) is 11.8 Å². The number of nitriles is 1. The van der Waals surface area contributed by atoms with Gasteiger partial charge in [-0.1, -0.05) is 12.1 Å². The summed E-state index contributed by atoms with van der Waals surface area (Å²) in [4.78, 5) is 9.00. The molecular formula is C17H20N4O4. The zero-order valence-electron chi connectivity index (χ0n) is 14.1. The fourth-order valence-electron chi connectivity index (χ4n) is 2.65. The second-order valence-corrected chi connectivity index (χ2v) is 5.40. The average Bonchev–Trinajstić information content (AvgIpc) is 2.61. The van der Waals surface area contributed by atoms with Crippen LogP contribution in [0.2, 0.25) is 0 Å². The SMILES string of the molecule is CC(=O)O.COc1ccccc1N1N=C2COCCC2C(C#N)=C1N. The maximum absolute atomic E-state index is 9.45. The minimum absolute atomic E-state index is 0.0327. The van der Waals surface area contributed by atoms with Gasteiger partial charge in [0, 0.05) is 19.4 Å². The van der Waals surface area contributed by atoms with Crippen LogP contribution >= 0.6 is 0 Å². The molecule has 3 rings (SSSR count). The fraction of sp³-hybridized carbons (Fsp3) is 0.353. The van der Waals surface area contributed by atoms with E-state index < -0.39 is 5.97 Å². The summed E-state index contributed by atoms with van der Waals surface area (Å²) in [6.45, 7) is 2.13. The Morgan fingerprint density at radius 2 is 2.20 bits per heavy atom. The number of nitrogens with two attached hydrogens (primary N) is 1. The van der Waals surface area contributed by atoms with Crippen LogP contribution in [0.1, 0.15) is 13.3 Å². The van der Waals surface area contributed by atoms with Crippen molar-refractivity contribution in [3.63, 3.8) is 0 Å². The molecule has 0 aromatic heterocycles. The van der Waals surface area contributed by atoms with E-state index >= 15 is 0 Å². The Balaban J connectivity index is 0.000000511. The summed E-state index contributed by atoms with van der Waals surface area (Å²) in [5, 5.41) is 23.0. The smallest absolute Gasteiger partial charge is 0.300 e. The molecule has 1 fully saturated rings. The van der Waals surface area contributed by atoms with Gasteiger partial charge in [0.15, 0.2) is 0 Å². The highest BCUT2D eigenvalue weighted by molar-refractivity contribution is 5.94. The van der Waals surface area contributed by atoms with Crippen LogP contribution in [-0.4, -0.2) is 37.1 Å². The number of ether oxygens (including phenoxy) is 2. The lowest BCUT2D eigenvalue weighted by Crippen LogP contribution is -2.39. The van der Waals surface area contributed by atoms with Crippen molar-refractivity contribution in [1.82, 2.24) is 0 Å². The third-order valence-electron chi connectivity index (χ3n) is 3.72. The van der Waals surface area contributed by atoms with E-state index in [9.17, 15) is 5.26 Å². The molecule has 2 heterocycles. The first kappa shape index (κ1) is 18.3. The van der Waals surface area contributed by atoms with E-state index in [1.165, 1.54) is 0 Å². The molecule has 0 aliphatic carbocycles. The van der Waals surface area contributed by atoms with Crippen LogP contribution in [0.15, 0.2) is 40.8 Å². The third-order valence-corrected chi connectivity index (χ3v) is 3.72. The number of aliphatic carboxylic acids is 1. The molecule has 0 bridgehead atoms. The Labute approximate surface area is 145 Å². The van der Waals surface area contributed by atoms with Gasteiger partial charge < -0.3 is 20.3 Å². The predicted molar refractivity (Wildman–Crippen MR) is 92.0 cm³/mol. The van der Waals surface area contributed by atoms with Gasteiger partial charge in [0.25, 0.3) is 5.97 Å². The van der Waals surface area contributed by atoms with Crippen LogP contribution in [-0.2, 0) is 9.53 Å². The third kappa shape index (κ3) is 4.08. The number of hydrogen-bond acceptors (Lipinski definition) is 7. The van der Waals surface area contributed by atoms with E-state index in [1.54, 1.807) is 12.1 Å². The zero-order valence-corrected chi connectivity index (χ0v) is 14.1. The molecule has 2 aliphatic rings. The summed E-state index contributed by atoms with van der Waals surface area (Å²) < 4.78 is 10.8. The van der Waals surface area contributed by atoms with E-state index in [4.69, 9.17) is 25.1 Å². The van der Waals surface area contributed by atoms with Crippen molar-refractivity contribution >= 4 is 17.4 Å². The summed E-state index contributed by atoms with van der Waals surface area (Å²) in [7, 11) is 1.59. The fourth-order valence-corrected chi connectivity index (χ4v) is 2.65. The van der Waals surface area contributed by atoms with E-state index in [1.807, 2.05) is 24.3 Å². The molecule has 25 heavy (non-hydrogen) atoms. The van der Waals surface area contributed by atoms with Gasteiger partial charge in [0.2, 0.25) is 0 Å². The van der Waals surface area contributed by atoms with Gasteiger partial charge in [-0.25, -0.2) is 5.01 Å². The maximum Gasteiger partial charge on any atom is 0.300 e. The van der Waals surface area contributed by atoms with Crippen molar-refractivity contribution < 1.29 is 19.4 Å². The zero-order chi connectivity index (χ0) is 18.4. The lowest BCUT2D eigenvalue weighted by Gasteiger charge is -2.33. The summed E-state index contributed by atoms with van der Waals surface area (Å²) in [6, 6.07) is 9.66. The van der Waals surface area contributed by atoms with Crippen molar-refractivity contribution in [2.75, 3.05) is 25.3 Å². The number of rotatable bonds is 2. The number of methoxy groups -OCH3 is 1. The van der Waals surface area contributed by atoms with E-state index in [0.717, 1.165) is 19.1 Å². The number of carbonyl (C=O) groups is 1. The molecule has 1 aromatic rings. The van der Waals surface area contributed by atoms with Crippen molar-refractivity contribution in [1.29, 1.82) is 5.26 Å². The Morgan fingerprint density at radius 3 is 2.84 bits per heavy atom. The van der Waals surface area contributed by atoms with Gasteiger partial charge >= 0.3 is 0 Å². The molecule has 0 radical (unpaired) electrons. The number of para-hydroxylation sites is 2. The Kier molecular flexibility index (Phi) is 5.98. The second kappa shape index (κ2) is 8.17. The molecule has 0 amide bonds. The van der Waals surface area contributed by atoms with Crippen LogP contribution in [0.3, 0.4) is 0 Å². The Morgan fingerprint density at radius 1 is 1.52 bits per heavy atom. The minimum Gasteiger partial charge on any atom is -0.494 e. The van der Waals surface area contributed by atoms with Gasteiger partial charge in [-0.05, 0) is 18.6 Å². The summed E-state index contributed by atoms with van der Waals surface area (Å²) in [5.74, 6) is 0.143. The van der Waals surface area contributed by atoms with Crippen molar-refractivity contribution in [3.05, 3.63) is 35.7 Å². The van der Waals surface area contributed by atoms with E-state index in [0.29, 0.717) is 36.0 Å². The molecule has 0 spiro atoms. The highest BCUT2D eigenvalue weighted by Crippen LogP contribution is 2.35. The van der Waals surface area contributed by atoms with E-state index in [2.05, 4.69) is 11.2 Å². The molecule has 1 unspecified atom stereocenters. The Bertz CT molecular complexity index is 747. The summed E-state index contributed by atoms with van der Waals surface area (Å²) in [5.41, 5.74) is 8.27. The van der Waals surface area contributed by atoms with Gasteiger partial charge in [-0.15, -0.1) is 0 Å². The van der Waals surface area contributed by atoms with E-state index in [-0.39, 0.29) is 5.92 Å². The first-order valence-corrected chi connectivity index (χ1v) is 7.67. The maximum atomic E-state index is 9.45. The van der Waals surface area contributed by atoms with Crippen LogP contribution in [0.5, 0.6) is 5.75 Å². The number of anilines is 1. The minimum atomic E-state index is -0.833. The van der Waals surface area contributed by atoms with Crippen molar-refractivity contribution in [2.24, 2.45) is 16.8 Å². The summed E-state index contributed by atoms with van der Waals surface area (Å²) in [6.07, 6.45) is 0.738. The molecule has 1 saturated heterocycles. The number of allylic oxidation sites excluding steroid dienone is 1. The predicted octanol–water partition coefficient (Wildman–Crippen LogP) is 1.69. The van der Waals surface area contributed by atoms with Crippen LogP contribution < -0.4 is 15.5 Å². The topological polar surface area (TPSA) is 121 Å². The molecule has 3 N–H and O–H groups in total. The number of benzene rings is 1. The number of hydrogen-bond donors (Lipinski definition) is 2. The Hall–Kier alpha value is -3.05. The second-order valence-electron chi connectivity index (χ2n) is 5.40. The van der Waals surface area contributed by atoms with Crippen LogP contribution in [0.4, 0.5) is 5.69 Å². The lowest BCUT2D eigenvalue weighted by molar-refractivity contribution is -0.134. The average molecular weight is 344 g/mol. The van der Waals surface area contributed by atoms with Crippen LogP contribution in [0, 0.1) is 17.2 Å². The molecule has 8 nitrogen and oxygen atoms in total. The van der Waals surface area contributed by atoms with Gasteiger partial charge in [-0.3, -0.25) is 4.79 Å². The highest BCUT2D eigenvalue weighted by Gasteiger charge is 2.34. The normalized spacial score (nSPS) is 19.0. The number of nitrogens with zero attached hydrogens (tertiary/aromatic N) is 3. The molecule has 8 heteroatoms. The number of carboxylic acids is 1. The number of hydrazone groups is 1. The molecule has 132 valence electrons. The lowest BCUT2D eigenvalue weighted by atomic mass is 9.89. The quantitative estimate of drug-likeness (QED) is 0.837. The standard InChI is InChI=1S/C15H16N4O2.C2H4O2/c1-20-14-5-3-2-4-13(14)19-15(17)11(8-16)10-6-7-21-9-12(10)18-19;1-2(3)4/h2-5,10H,6-7,9,17H2,1H3;1H3,(H,3,4). The molecular weight excluding hydrogens is 324 g/mol. The number of carboxylic acid groups (broad SMARTS) is 1. The summed E-state index contributed by atoms with van der Waals surface area (Å²) >= 11 is 0. The van der Waals surface area contributed by atoms with Gasteiger partial charge in [-0.2, -0.15) is 10.4 Å². The monoisotopic (exact) mass is 344 g/mol. The highest BCUT2D eigenvalue weighted by atomic mass is 16.5. The number of fused-ring (bicyclic) bond motifs is 1. The molecule has 1 aromatic carbocycles. The molecule has 0 saturated carbocycles. The largest absolute Gasteiger partial charge is 0.494 e. The van der Waals surface area contributed by atoms with Gasteiger partial charge in [0.1, 0.15) is 17.3 Å².